The van der Waals surface area contributed by atoms with Gasteiger partial charge in [-0.25, -0.2) is 0 Å². The van der Waals surface area contributed by atoms with Crippen molar-refractivity contribution >= 4 is 0 Å². The zero-order chi connectivity index (χ0) is 8.72. The molecule has 4 unspecified atom stereocenters. The molecule has 1 saturated heterocycles. The van der Waals surface area contributed by atoms with E-state index in [0.29, 0.717) is 6.17 Å². The van der Waals surface area contributed by atoms with Gasteiger partial charge in [0.25, 0.3) is 0 Å². The second-order valence-corrected chi connectivity index (χ2v) is 4.64. The van der Waals surface area contributed by atoms with Crippen LogP contribution in [0.15, 0.2) is 0 Å². The molecule has 0 amide bonds. The van der Waals surface area contributed by atoms with Crippen molar-refractivity contribution < 1.29 is 0 Å². The van der Waals surface area contributed by atoms with Gasteiger partial charge in [-0.15, -0.1) is 0 Å². The highest BCUT2D eigenvalue weighted by atomic mass is 15.2. The van der Waals surface area contributed by atoms with Crippen LogP contribution in [0, 0.1) is 17.8 Å². The Balaban J connectivity index is 2.14. The van der Waals surface area contributed by atoms with Crippen molar-refractivity contribution in [3.05, 3.63) is 0 Å². The Morgan fingerprint density at radius 2 is 2.08 bits per heavy atom. The largest absolute Gasteiger partial charge is 0.315 e. The van der Waals surface area contributed by atoms with Crippen LogP contribution in [0.2, 0.25) is 0 Å². The van der Waals surface area contributed by atoms with Crippen molar-refractivity contribution in [2.75, 3.05) is 13.6 Å². The van der Waals surface area contributed by atoms with Gasteiger partial charge in [-0.1, -0.05) is 13.3 Å². The molecule has 4 atom stereocenters. The molecule has 12 heavy (non-hydrogen) atoms. The van der Waals surface area contributed by atoms with E-state index in [4.69, 9.17) is 5.73 Å². The highest BCUT2D eigenvalue weighted by Crippen LogP contribution is 2.40. The molecule has 70 valence electrons. The van der Waals surface area contributed by atoms with E-state index in [0.717, 1.165) is 17.8 Å². The number of piperidine rings is 1. The van der Waals surface area contributed by atoms with Crippen LogP contribution in [0.1, 0.15) is 26.2 Å². The third kappa shape index (κ3) is 1.17. The SMILES string of the molecule is CC1C2CCCC1C(N)N(C)C2. The quantitative estimate of drug-likeness (QED) is 0.590. The standard InChI is InChI=1S/C10H20N2/c1-7-8-4-3-5-9(7)10(11)12(2)6-8/h7-10H,3-6,11H2,1-2H3. The van der Waals surface area contributed by atoms with E-state index < -0.39 is 0 Å². The van der Waals surface area contributed by atoms with Crippen LogP contribution in [0.5, 0.6) is 0 Å². The zero-order valence-corrected chi connectivity index (χ0v) is 8.16. The number of hydrogen-bond acceptors (Lipinski definition) is 2. The fraction of sp³-hybridized carbons (Fsp3) is 1.00. The Labute approximate surface area is 75.1 Å². The molecule has 0 radical (unpaired) electrons. The highest BCUT2D eigenvalue weighted by molar-refractivity contribution is 4.91. The lowest BCUT2D eigenvalue weighted by molar-refractivity contribution is -0.00274. The lowest BCUT2D eigenvalue weighted by atomic mass is 9.69. The molecule has 1 saturated carbocycles. The summed E-state index contributed by atoms with van der Waals surface area (Å²) in [6, 6.07) is 0. The average molecular weight is 168 g/mol. The molecule has 2 N–H and O–H groups in total. The Morgan fingerprint density at radius 3 is 2.83 bits per heavy atom. The number of likely N-dealkylation sites (tertiary alicyclic amines) is 1. The molecule has 1 aliphatic heterocycles. The molecule has 1 heterocycles. The fourth-order valence-corrected chi connectivity index (χ4v) is 3.05. The van der Waals surface area contributed by atoms with Gasteiger partial charge in [0.1, 0.15) is 0 Å². The maximum absolute atomic E-state index is 6.15. The summed E-state index contributed by atoms with van der Waals surface area (Å²) in [5.41, 5.74) is 6.15. The van der Waals surface area contributed by atoms with Crippen LogP contribution in [0.25, 0.3) is 0 Å². The number of hydrogen-bond donors (Lipinski definition) is 1. The van der Waals surface area contributed by atoms with Crippen molar-refractivity contribution in [3.8, 4) is 0 Å². The van der Waals surface area contributed by atoms with Crippen LogP contribution in [-0.2, 0) is 0 Å². The van der Waals surface area contributed by atoms with Gasteiger partial charge in [0.2, 0.25) is 0 Å². The number of rotatable bonds is 0. The Hall–Kier alpha value is -0.0800. The van der Waals surface area contributed by atoms with Crippen molar-refractivity contribution in [3.63, 3.8) is 0 Å². The molecule has 2 heteroatoms. The van der Waals surface area contributed by atoms with E-state index in [1.807, 2.05) is 0 Å². The molecule has 0 aromatic heterocycles. The number of nitrogens with two attached hydrogens (primary N) is 1. The molecular weight excluding hydrogens is 148 g/mol. The third-order valence-corrected chi connectivity index (χ3v) is 4.00. The second kappa shape index (κ2) is 3.00. The van der Waals surface area contributed by atoms with Crippen molar-refractivity contribution in [2.45, 2.75) is 32.4 Å². The van der Waals surface area contributed by atoms with Crippen molar-refractivity contribution in [1.29, 1.82) is 0 Å². The molecule has 2 rings (SSSR count). The molecule has 2 bridgehead atoms. The van der Waals surface area contributed by atoms with Gasteiger partial charge in [0, 0.05) is 6.54 Å². The monoisotopic (exact) mass is 168 g/mol. The molecule has 2 aliphatic rings. The Bertz CT molecular complexity index is 165. The van der Waals surface area contributed by atoms with Crippen LogP contribution in [0.4, 0.5) is 0 Å². The summed E-state index contributed by atoms with van der Waals surface area (Å²) in [6.45, 7) is 3.61. The minimum absolute atomic E-state index is 0.330. The van der Waals surface area contributed by atoms with Crippen molar-refractivity contribution in [2.24, 2.45) is 23.5 Å². The van der Waals surface area contributed by atoms with Gasteiger partial charge in [-0.2, -0.15) is 0 Å². The molecular formula is C10H20N2. The summed E-state index contributed by atoms with van der Waals surface area (Å²) in [5, 5.41) is 0. The number of nitrogens with zero attached hydrogens (tertiary/aromatic N) is 1. The molecule has 2 fully saturated rings. The van der Waals surface area contributed by atoms with E-state index in [9.17, 15) is 0 Å². The van der Waals surface area contributed by atoms with E-state index in [2.05, 4.69) is 18.9 Å². The molecule has 0 aromatic carbocycles. The maximum Gasteiger partial charge on any atom is 0.0601 e. The summed E-state index contributed by atoms with van der Waals surface area (Å²) >= 11 is 0. The highest BCUT2D eigenvalue weighted by Gasteiger charge is 2.40. The third-order valence-electron chi connectivity index (χ3n) is 4.00. The first-order valence-corrected chi connectivity index (χ1v) is 5.16. The Kier molecular flexibility index (Phi) is 2.13. The first-order valence-electron chi connectivity index (χ1n) is 5.16. The maximum atomic E-state index is 6.15. The predicted octanol–water partition coefficient (Wildman–Crippen LogP) is 1.27. The Morgan fingerprint density at radius 1 is 1.33 bits per heavy atom. The molecule has 0 aromatic rings. The lowest BCUT2D eigenvalue weighted by Crippen LogP contribution is -2.56. The predicted molar refractivity (Wildman–Crippen MR) is 50.6 cm³/mol. The van der Waals surface area contributed by atoms with E-state index in [1.165, 1.54) is 25.8 Å². The first kappa shape index (κ1) is 8.52. The smallest absolute Gasteiger partial charge is 0.0601 e. The van der Waals surface area contributed by atoms with Gasteiger partial charge in [-0.05, 0) is 37.6 Å². The first-order chi connectivity index (χ1) is 5.70. The van der Waals surface area contributed by atoms with E-state index >= 15 is 0 Å². The zero-order valence-electron chi connectivity index (χ0n) is 8.16. The van der Waals surface area contributed by atoms with Crippen LogP contribution < -0.4 is 5.73 Å². The summed E-state index contributed by atoms with van der Waals surface area (Å²) in [4.78, 5) is 2.34. The van der Waals surface area contributed by atoms with Gasteiger partial charge in [-0.3, -0.25) is 4.90 Å². The van der Waals surface area contributed by atoms with Gasteiger partial charge >= 0.3 is 0 Å². The van der Waals surface area contributed by atoms with Crippen LogP contribution >= 0.6 is 0 Å². The summed E-state index contributed by atoms with van der Waals surface area (Å²) in [5.74, 6) is 2.56. The minimum Gasteiger partial charge on any atom is -0.315 e. The van der Waals surface area contributed by atoms with Crippen molar-refractivity contribution in [1.82, 2.24) is 4.90 Å². The van der Waals surface area contributed by atoms with Gasteiger partial charge in [0.05, 0.1) is 6.17 Å². The topological polar surface area (TPSA) is 29.3 Å². The average Bonchev–Trinajstić information content (AvgIpc) is 2.04. The number of fused-ring (bicyclic) bond motifs is 2. The second-order valence-electron chi connectivity index (χ2n) is 4.64. The normalized spacial score (nSPS) is 49.2. The molecule has 2 nitrogen and oxygen atoms in total. The van der Waals surface area contributed by atoms with Gasteiger partial charge < -0.3 is 5.73 Å². The van der Waals surface area contributed by atoms with E-state index in [-0.39, 0.29) is 0 Å². The summed E-state index contributed by atoms with van der Waals surface area (Å²) in [6.07, 6.45) is 4.51. The molecule has 0 spiro atoms. The lowest BCUT2D eigenvalue weighted by Gasteiger charge is -2.49. The summed E-state index contributed by atoms with van der Waals surface area (Å²) < 4.78 is 0. The fourth-order valence-electron chi connectivity index (χ4n) is 3.05. The minimum atomic E-state index is 0.330. The summed E-state index contributed by atoms with van der Waals surface area (Å²) in [7, 11) is 2.17. The van der Waals surface area contributed by atoms with Gasteiger partial charge in [0.15, 0.2) is 0 Å². The van der Waals surface area contributed by atoms with Crippen LogP contribution in [0.3, 0.4) is 0 Å². The van der Waals surface area contributed by atoms with Crippen LogP contribution in [-0.4, -0.2) is 24.7 Å². The molecule has 1 aliphatic carbocycles. The van der Waals surface area contributed by atoms with E-state index in [1.54, 1.807) is 0 Å².